The largest absolute Gasteiger partial charge is 0.326 e. The van der Waals surface area contributed by atoms with Gasteiger partial charge in [-0.15, -0.1) is 0 Å². The molecule has 0 bridgehead atoms. The summed E-state index contributed by atoms with van der Waals surface area (Å²) in [6.45, 7) is 7.72. The minimum Gasteiger partial charge on any atom is -0.326 e. The van der Waals surface area contributed by atoms with E-state index in [2.05, 4.69) is 43.4 Å². The van der Waals surface area contributed by atoms with Gasteiger partial charge < -0.3 is 10.2 Å². The molecule has 3 nitrogen and oxygen atoms in total. The molecule has 0 radical (unpaired) electrons. The lowest BCUT2D eigenvalue weighted by Gasteiger charge is -2.24. The number of anilines is 1. The Bertz CT molecular complexity index is 375. The first kappa shape index (κ1) is 17.6. The molecule has 0 aliphatic heterocycles. The summed E-state index contributed by atoms with van der Waals surface area (Å²) in [4.78, 5) is 13.3. The van der Waals surface area contributed by atoms with Crippen molar-refractivity contribution in [3.8, 4) is 0 Å². The first-order chi connectivity index (χ1) is 9.04. The van der Waals surface area contributed by atoms with E-state index in [-0.39, 0.29) is 5.91 Å². The minimum absolute atomic E-state index is 0.0287. The Morgan fingerprint density at radius 1 is 1.32 bits per heavy atom. The highest BCUT2D eigenvalue weighted by molar-refractivity contribution is 5.88. The van der Waals surface area contributed by atoms with Crippen LogP contribution >= 0.6 is 0 Å². The predicted molar refractivity (Wildman–Crippen MR) is 83.4 cm³/mol. The second-order valence-electron chi connectivity index (χ2n) is 4.57. The van der Waals surface area contributed by atoms with Crippen LogP contribution in [0.15, 0.2) is 24.3 Å². The molecule has 0 aliphatic carbocycles. The SMILES string of the molecule is CC.CCCC(c1cccc(NC(C)=O)c1)N(C)C. The van der Waals surface area contributed by atoms with E-state index in [9.17, 15) is 4.79 Å². The smallest absolute Gasteiger partial charge is 0.221 e. The van der Waals surface area contributed by atoms with E-state index in [0.29, 0.717) is 6.04 Å². The van der Waals surface area contributed by atoms with Crippen molar-refractivity contribution >= 4 is 11.6 Å². The number of carbonyl (C=O) groups is 1. The lowest BCUT2D eigenvalue weighted by atomic mass is 10.0. The molecule has 0 aromatic heterocycles. The molecule has 1 aromatic carbocycles. The summed E-state index contributed by atoms with van der Waals surface area (Å²) < 4.78 is 0. The van der Waals surface area contributed by atoms with Gasteiger partial charge in [-0.25, -0.2) is 0 Å². The molecular weight excluding hydrogens is 236 g/mol. The predicted octanol–water partition coefficient (Wildman–Crippen LogP) is 4.07. The highest BCUT2D eigenvalue weighted by atomic mass is 16.1. The molecule has 19 heavy (non-hydrogen) atoms. The summed E-state index contributed by atoms with van der Waals surface area (Å²) in [6.07, 6.45) is 2.27. The monoisotopic (exact) mass is 264 g/mol. The minimum atomic E-state index is -0.0287. The van der Waals surface area contributed by atoms with Crippen molar-refractivity contribution in [2.24, 2.45) is 0 Å². The van der Waals surface area contributed by atoms with Crippen LogP contribution in [0.3, 0.4) is 0 Å². The highest BCUT2D eigenvalue weighted by Crippen LogP contribution is 2.25. The van der Waals surface area contributed by atoms with Crippen molar-refractivity contribution in [3.63, 3.8) is 0 Å². The summed E-state index contributed by atoms with van der Waals surface area (Å²) in [6, 6.07) is 8.50. The van der Waals surface area contributed by atoms with E-state index in [1.165, 1.54) is 12.5 Å². The van der Waals surface area contributed by atoms with Crippen molar-refractivity contribution < 1.29 is 4.79 Å². The van der Waals surface area contributed by atoms with Gasteiger partial charge in [0.2, 0.25) is 5.91 Å². The van der Waals surface area contributed by atoms with E-state index in [1.54, 1.807) is 0 Å². The van der Waals surface area contributed by atoms with Crippen LogP contribution in [0.25, 0.3) is 0 Å². The van der Waals surface area contributed by atoms with Gasteiger partial charge in [0.1, 0.15) is 0 Å². The van der Waals surface area contributed by atoms with E-state index in [4.69, 9.17) is 0 Å². The number of hydrogen-bond acceptors (Lipinski definition) is 2. The van der Waals surface area contributed by atoms with Crippen LogP contribution in [0.5, 0.6) is 0 Å². The average Bonchev–Trinajstić information content (AvgIpc) is 2.37. The lowest BCUT2D eigenvalue weighted by Crippen LogP contribution is -2.20. The average molecular weight is 264 g/mol. The van der Waals surface area contributed by atoms with Gasteiger partial charge in [-0.1, -0.05) is 39.3 Å². The zero-order chi connectivity index (χ0) is 14.8. The van der Waals surface area contributed by atoms with Crippen LogP contribution in [-0.4, -0.2) is 24.9 Å². The fraction of sp³-hybridized carbons (Fsp3) is 0.562. The Hall–Kier alpha value is -1.35. The molecule has 1 atom stereocenters. The van der Waals surface area contributed by atoms with E-state index >= 15 is 0 Å². The van der Waals surface area contributed by atoms with Crippen LogP contribution in [0, 0.1) is 0 Å². The number of rotatable bonds is 5. The number of amides is 1. The second-order valence-corrected chi connectivity index (χ2v) is 4.57. The van der Waals surface area contributed by atoms with Gasteiger partial charge in [0.25, 0.3) is 0 Å². The number of nitrogens with zero attached hydrogens (tertiary/aromatic N) is 1. The molecule has 0 aliphatic rings. The zero-order valence-corrected chi connectivity index (χ0v) is 13.2. The summed E-state index contributed by atoms with van der Waals surface area (Å²) in [5.41, 5.74) is 2.13. The van der Waals surface area contributed by atoms with Crippen molar-refractivity contribution in [3.05, 3.63) is 29.8 Å². The van der Waals surface area contributed by atoms with Crippen molar-refractivity contribution in [2.45, 2.75) is 46.6 Å². The maximum absolute atomic E-state index is 11.0. The van der Waals surface area contributed by atoms with Gasteiger partial charge in [-0.3, -0.25) is 4.79 Å². The maximum atomic E-state index is 11.0. The molecule has 108 valence electrons. The number of nitrogens with one attached hydrogen (secondary N) is 1. The van der Waals surface area contributed by atoms with E-state index < -0.39 is 0 Å². The fourth-order valence-corrected chi connectivity index (χ4v) is 2.02. The molecule has 1 unspecified atom stereocenters. The third-order valence-electron chi connectivity index (χ3n) is 2.78. The van der Waals surface area contributed by atoms with Gasteiger partial charge in [0.15, 0.2) is 0 Å². The molecular formula is C16H28N2O. The van der Waals surface area contributed by atoms with Gasteiger partial charge in [0.05, 0.1) is 0 Å². The van der Waals surface area contributed by atoms with Crippen molar-refractivity contribution in [1.29, 1.82) is 0 Å². The first-order valence-electron chi connectivity index (χ1n) is 7.08. The quantitative estimate of drug-likeness (QED) is 0.869. The molecule has 1 amide bonds. The molecule has 0 saturated heterocycles. The molecule has 0 fully saturated rings. The van der Waals surface area contributed by atoms with Gasteiger partial charge in [-0.2, -0.15) is 0 Å². The molecule has 1 rings (SSSR count). The number of carbonyl (C=O) groups excluding carboxylic acids is 1. The van der Waals surface area contributed by atoms with Crippen molar-refractivity contribution in [1.82, 2.24) is 4.90 Å². The van der Waals surface area contributed by atoms with Crippen LogP contribution in [-0.2, 0) is 4.79 Å². The number of hydrogen-bond donors (Lipinski definition) is 1. The van der Waals surface area contributed by atoms with Gasteiger partial charge >= 0.3 is 0 Å². The maximum Gasteiger partial charge on any atom is 0.221 e. The Kier molecular flexibility index (Phi) is 8.88. The topological polar surface area (TPSA) is 32.3 Å². The fourth-order valence-electron chi connectivity index (χ4n) is 2.02. The highest BCUT2D eigenvalue weighted by Gasteiger charge is 2.13. The Labute approximate surface area is 118 Å². The number of benzene rings is 1. The van der Waals surface area contributed by atoms with Crippen LogP contribution in [0.4, 0.5) is 5.69 Å². The van der Waals surface area contributed by atoms with E-state index in [1.807, 2.05) is 26.0 Å². The molecule has 0 saturated carbocycles. The molecule has 0 spiro atoms. The van der Waals surface area contributed by atoms with E-state index in [0.717, 1.165) is 18.5 Å². The lowest BCUT2D eigenvalue weighted by molar-refractivity contribution is -0.114. The third-order valence-corrected chi connectivity index (χ3v) is 2.78. The van der Waals surface area contributed by atoms with Crippen LogP contribution in [0.1, 0.15) is 52.1 Å². The second kappa shape index (κ2) is 9.56. The van der Waals surface area contributed by atoms with Crippen LogP contribution < -0.4 is 5.32 Å². The third kappa shape index (κ3) is 6.39. The Morgan fingerprint density at radius 2 is 1.95 bits per heavy atom. The van der Waals surface area contributed by atoms with Crippen LogP contribution in [0.2, 0.25) is 0 Å². The standard InChI is InChI=1S/C14H22N2O.C2H6/c1-5-7-14(16(3)4)12-8-6-9-13(10-12)15-11(2)17;1-2/h6,8-10,14H,5,7H2,1-4H3,(H,15,17);1-2H3. The normalized spacial score (nSPS) is 11.5. The van der Waals surface area contributed by atoms with Gasteiger partial charge in [0, 0.05) is 18.7 Å². The zero-order valence-electron chi connectivity index (χ0n) is 13.2. The van der Waals surface area contributed by atoms with Gasteiger partial charge in [-0.05, 0) is 38.2 Å². The first-order valence-corrected chi connectivity index (χ1v) is 7.08. The summed E-state index contributed by atoms with van der Waals surface area (Å²) in [5.74, 6) is -0.0287. The molecule has 3 heteroatoms. The Balaban J connectivity index is 0.00000154. The van der Waals surface area contributed by atoms with Crippen molar-refractivity contribution in [2.75, 3.05) is 19.4 Å². The molecule has 0 heterocycles. The molecule has 1 N–H and O–H groups in total. The Morgan fingerprint density at radius 3 is 2.42 bits per heavy atom. The molecule has 1 aromatic rings. The summed E-state index contributed by atoms with van der Waals surface area (Å²) >= 11 is 0. The summed E-state index contributed by atoms with van der Waals surface area (Å²) in [7, 11) is 4.18. The summed E-state index contributed by atoms with van der Waals surface area (Å²) in [5, 5.41) is 2.82.